The normalized spacial score (nSPS) is 9.77. The van der Waals surface area contributed by atoms with E-state index < -0.39 is 0 Å². The van der Waals surface area contributed by atoms with E-state index in [0.29, 0.717) is 6.61 Å². The molecule has 0 saturated heterocycles. The molecule has 2 rings (SSSR count). The van der Waals surface area contributed by atoms with E-state index in [2.05, 4.69) is 10.9 Å². The van der Waals surface area contributed by atoms with Crippen LogP contribution in [-0.2, 0) is 0 Å². The number of aromatic nitrogens is 1. The number of benzene rings is 1. The number of hydrogen-bond acceptors (Lipinski definition) is 1. The van der Waals surface area contributed by atoms with Gasteiger partial charge in [0, 0.05) is 17.1 Å². The van der Waals surface area contributed by atoms with Crippen molar-refractivity contribution in [2.75, 3.05) is 6.61 Å². The molecule has 0 saturated carbocycles. The van der Waals surface area contributed by atoms with E-state index >= 15 is 0 Å². The van der Waals surface area contributed by atoms with Gasteiger partial charge >= 0.3 is 0 Å². The van der Waals surface area contributed by atoms with Crippen molar-refractivity contribution >= 4 is 10.9 Å². The molecular weight excluding hydrogens is 162 g/mol. The molecule has 2 nitrogen and oxygen atoms in total. The van der Waals surface area contributed by atoms with Crippen molar-refractivity contribution in [3.8, 4) is 18.1 Å². The van der Waals surface area contributed by atoms with Crippen LogP contribution < -0.4 is 4.74 Å². The summed E-state index contributed by atoms with van der Waals surface area (Å²) in [5.74, 6) is 3.27. The van der Waals surface area contributed by atoms with E-state index in [1.54, 1.807) is 0 Å². The van der Waals surface area contributed by atoms with Crippen molar-refractivity contribution in [2.24, 2.45) is 0 Å². The molecule has 2 aromatic rings. The standard InChI is InChI=1S/C11H9NO/c1-2-8-13-11-5-3-4-10-9(11)6-7-12-10/h1,3-7,12H,8H2. The van der Waals surface area contributed by atoms with Crippen LogP contribution in [0.2, 0.25) is 0 Å². The zero-order valence-corrected chi connectivity index (χ0v) is 7.08. The lowest BCUT2D eigenvalue weighted by Gasteiger charge is -2.02. The van der Waals surface area contributed by atoms with Crippen LogP contribution in [0.4, 0.5) is 0 Å². The maximum absolute atomic E-state index is 5.37. The minimum Gasteiger partial charge on any atom is -0.480 e. The Morgan fingerprint density at radius 1 is 1.38 bits per heavy atom. The Kier molecular flexibility index (Phi) is 1.93. The van der Waals surface area contributed by atoms with Crippen molar-refractivity contribution in [3.63, 3.8) is 0 Å². The second-order valence-electron chi connectivity index (χ2n) is 2.69. The molecule has 0 aliphatic heterocycles. The quantitative estimate of drug-likeness (QED) is 0.688. The Bertz CT molecular complexity index is 450. The number of aromatic amines is 1. The van der Waals surface area contributed by atoms with Crippen LogP contribution in [0.15, 0.2) is 30.5 Å². The number of nitrogens with one attached hydrogen (secondary N) is 1. The Balaban J connectivity index is 2.44. The number of ether oxygens (including phenoxy) is 1. The summed E-state index contributed by atoms with van der Waals surface area (Å²) >= 11 is 0. The van der Waals surface area contributed by atoms with E-state index in [4.69, 9.17) is 11.2 Å². The van der Waals surface area contributed by atoms with Crippen LogP contribution in [0, 0.1) is 12.3 Å². The second-order valence-corrected chi connectivity index (χ2v) is 2.69. The van der Waals surface area contributed by atoms with Gasteiger partial charge in [-0.15, -0.1) is 6.42 Å². The first-order valence-electron chi connectivity index (χ1n) is 4.04. The molecule has 0 radical (unpaired) electrons. The predicted molar refractivity (Wildman–Crippen MR) is 52.6 cm³/mol. The first kappa shape index (κ1) is 7.75. The SMILES string of the molecule is C#CCOc1cccc2[nH]ccc12. The van der Waals surface area contributed by atoms with E-state index in [9.17, 15) is 0 Å². The predicted octanol–water partition coefficient (Wildman–Crippen LogP) is 2.18. The van der Waals surface area contributed by atoms with Crippen molar-refractivity contribution < 1.29 is 4.74 Å². The summed E-state index contributed by atoms with van der Waals surface area (Å²) in [7, 11) is 0. The number of H-pyrrole nitrogens is 1. The van der Waals surface area contributed by atoms with Crippen LogP contribution in [0.1, 0.15) is 0 Å². The van der Waals surface area contributed by atoms with Gasteiger partial charge in [0.15, 0.2) is 0 Å². The fraction of sp³-hybridized carbons (Fsp3) is 0.0909. The average Bonchev–Trinajstić information content (AvgIpc) is 2.62. The van der Waals surface area contributed by atoms with Gasteiger partial charge in [-0.1, -0.05) is 12.0 Å². The largest absolute Gasteiger partial charge is 0.480 e. The summed E-state index contributed by atoms with van der Waals surface area (Å²) in [5.41, 5.74) is 1.06. The third-order valence-corrected chi connectivity index (χ3v) is 1.87. The highest BCUT2D eigenvalue weighted by Crippen LogP contribution is 2.23. The average molecular weight is 171 g/mol. The highest BCUT2D eigenvalue weighted by atomic mass is 16.5. The zero-order valence-electron chi connectivity index (χ0n) is 7.08. The minimum absolute atomic E-state index is 0.310. The molecule has 2 heteroatoms. The maximum atomic E-state index is 5.37. The second kappa shape index (κ2) is 3.24. The van der Waals surface area contributed by atoms with Crippen molar-refractivity contribution in [2.45, 2.75) is 0 Å². The van der Waals surface area contributed by atoms with Gasteiger partial charge in [0.25, 0.3) is 0 Å². The lowest BCUT2D eigenvalue weighted by molar-refractivity contribution is 0.375. The van der Waals surface area contributed by atoms with Gasteiger partial charge in [-0.25, -0.2) is 0 Å². The summed E-state index contributed by atoms with van der Waals surface area (Å²) in [6.45, 7) is 0.310. The van der Waals surface area contributed by atoms with Gasteiger partial charge in [-0.05, 0) is 18.2 Å². The van der Waals surface area contributed by atoms with Crippen LogP contribution in [0.3, 0.4) is 0 Å². The molecule has 0 spiro atoms. The fourth-order valence-electron chi connectivity index (χ4n) is 1.30. The van der Waals surface area contributed by atoms with E-state index in [1.165, 1.54) is 0 Å². The van der Waals surface area contributed by atoms with E-state index in [-0.39, 0.29) is 0 Å². The first-order valence-corrected chi connectivity index (χ1v) is 4.04. The van der Waals surface area contributed by atoms with Gasteiger partial charge in [-0.3, -0.25) is 0 Å². The molecule has 1 N–H and O–H groups in total. The van der Waals surface area contributed by atoms with E-state index in [0.717, 1.165) is 16.7 Å². The van der Waals surface area contributed by atoms with Crippen LogP contribution in [-0.4, -0.2) is 11.6 Å². The molecule has 0 aliphatic rings. The number of rotatable bonds is 2. The van der Waals surface area contributed by atoms with Crippen LogP contribution >= 0.6 is 0 Å². The summed E-state index contributed by atoms with van der Waals surface area (Å²) in [5, 5.41) is 1.07. The van der Waals surface area contributed by atoms with E-state index in [1.807, 2.05) is 30.5 Å². The smallest absolute Gasteiger partial charge is 0.148 e. The minimum atomic E-state index is 0.310. The molecule has 0 unspecified atom stereocenters. The zero-order chi connectivity index (χ0) is 9.10. The molecule has 0 bridgehead atoms. The summed E-state index contributed by atoms with van der Waals surface area (Å²) in [4.78, 5) is 3.10. The van der Waals surface area contributed by atoms with Crippen molar-refractivity contribution in [1.29, 1.82) is 0 Å². The fourth-order valence-corrected chi connectivity index (χ4v) is 1.30. The van der Waals surface area contributed by atoms with Gasteiger partial charge in [0.05, 0.1) is 0 Å². The van der Waals surface area contributed by atoms with Gasteiger partial charge in [-0.2, -0.15) is 0 Å². The molecule has 1 aromatic heterocycles. The molecular formula is C11H9NO. The third kappa shape index (κ3) is 1.36. The highest BCUT2D eigenvalue weighted by molar-refractivity contribution is 5.85. The summed E-state index contributed by atoms with van der Waals surface area (Å²) < 4.78 is 5.37. The Labute approximate surface area is 76.5 Å². The van der Waals surface area contributed by atoms with Crippen LogP contribution in [0.25, 0.3) is 10.9 Å². The molecule has 0 amide bonds. The lowest BCUT2D eigenvalue weighted by atomic mass is 10.2. The number of terminal acetylenes is 1. The summed E-state index contributed by atoms with van der Waals surface area (Å²) in [6, 6.07) is 7.82. The summed E-state index contributed by atoms with van der Waals surface area (Å²) in [6.07, 6.45) is 7.00. The molecule has 0 aliphatic carbocycles. The Hall–Kier alpha value is -1.88. The number of hydrogen-bond donors (Lipinski definition) is 1. The van der Waals surface area contributed by atoms with Gasteiger partial charge < -0.3 is 9.72 Å². The molecule has 0 fully saturated rings. The maximum Gasteiger partial charge on any atom is 0.148 e. The van der Waals surface area contributed by atoms with Gasteiger partial charge in [0.2, 0.25) is 0 Å². The van der Waals surface area contributed by atoms with Crippen molar-refractivity contribution in [3.05, 3.63) is 30.5 Å². The lowest BCUT2D eigenvalue weighted by Crippen LogP contribution is -1.93. The Morgan fingerprint density at radius 3 is 3.15 bits per heavy atom. The van der Waals surface area contributed by atoms with Gasteiger partial charge in [0.1, 0.15) is 12.4 Å². The molecule has 64 valence electrons. The first-order chi connectivity index (χ1) is 6.42. The highest BCUT2D eigenvalue weighted by Gasteiger charge is 2.00. The van der Waals surface area contributed by atoms with Crippen molar-refractivity contribution in [1.82, 2.24) is 4.98 Å². The number of fused-ring (bicyclic) bond motifs is 1. The van der Waals surface area contributed by atoms with Crippen LogP contribution in [0.5, 0.6) is 5.75 Å². The molecule has 0 atom stereocenters. The monoisotopic (exact) mass is 171 g/mol. The topological polar surface area (TPSA) is 25.0 Å². The third-order valence-electron chi connectivity index (χ3n) is 1.87. The molecule has 13 heavy (non-hydrogen) atoms. The Morgan fingerprint density at radius 2 is 2.31 bits per heavy atom. The molecule has 1 aromatic carbocycles. The molecule has 1 heterocycles.